The molecule has 0 spiro atoms. The van der Waals surface area contributed by atoms with Gasteiger partial charge in [0, 0.05) is 17.0 Å². The molecule has 2 heterocycles. The molecule has 0 saturated heterocycles. The third-order valence-corrected chi connectivity index (χ3v) is 6.21. The predicted octanol–water partition coefficient (Wildman–Crippen LogP) is 5.45. The molecule has 1 amide bonds. The van der Waals surface area contributed by atoms with E-state index in [1.54, 1.807) is 19.1 Å². The summed E-state index contributed by atoms with van der Waals surface area (Å²) in [5.41, 5.74) is 2.27. The molecule has 0 bridgehead atoms. The zero-order valence-electron chi connectivity index (χ0n) is 17.3. The van der Waals surface area contributed by atoms with E-state index in [1.807, 2.05) is 29.6 Å². The quantitative estimate of drug-likeness (QED) is 0.505. The normalized spacial score (nSPS) is 15.8. The Hall–Kier alpha value is -3.20. The zero-order chi connectivity index (χ0) is 22.9. The number of ether oxygens (including phenoxy) is 3. The van der Waals surface area contributed by atoms with Crippen molar-refractivity contribution in [3.8, 4) is 17.2 Å². The summed E-state index contributed by atoms with van der Waals surface area (Å²) in [4.78, 5) is 16.1. The summed E-state index contributed by atoms with van der Waals surface area (Å²) < 4.78 is 52.1. The average molecular weight is 463 g/mol. The van der Waals surface area contributed by atoms with E-state index < -0.39 is 6.36 Å². The second kappa shape index (κ2) is 8.74. The number of rotatable bonds is 5. The first-order valence-electron chi connectivity index (χ1n) is 9.75. The van der Waals surface area contributed by atoms with Gasteiger partial charge in [-0.05, 0) is 65.4 Å². The van der Waals surface area contributed by atoms with E-state index in [4.69, 9.17) is 9.47 Å². The number of carbonyl (C=O) groups excluding carboxylic acids is 1. The van der Waals surface area contributed by atoms with Gasteiger partial charge >= 0.3 is 6.36 Å². The Morgan fingerprint density at radius 1 is 1.06 bits per heavy atom. The fourth-order valence-corrected chi connectivity index (χ4v) is 4.74. The number of halogens is 3. The van der Waals surface area contributed by atoms with Crippen molar-refractivity contribution in [3.05, 3.63) is 75.5 Å². The second-order valence-corrected chi connectivity index (χ2v) is 8.12. The maximum atomic E-state index is 13.4. The topological polar surface area (TPSA) is 48.0 Å². The number of fused-ring (bicyclic) bond motifs is 1. The van der Waals surface area contributed by atoms with E-state index in [2.05, 4.69) is 4.74 Å². The summed E-state index contributed by atoms with van der Waals surface area (Å²) in [7, 11) is 3.13. The van der Waals surface area contributed by atoms with Crippen LogP contribution >= 0.6 is 11.3 Å². The molecule has 1 aliphatic rings. The van der Waals surface area contributed by atoms with E-state index in [0.717, 1.165) is 28.1 Å². The van der Waals surface area contributed by atoms with Crippen LogP contribution in [0.15, 0.2) is 53.9 Å². The van der Waals surface area contributed by atoms with Crippen LogP contribution in [0.1, 0.15) is 32.4 Å². The molecule has 1 aliphatic heterocycles. The molecule has 0 aliphatic carbocycles. The van der Waals surface area contributed by atoms with Gasteiger partial charge < -0.3 is 19.1 Å². The van der Waals surface area contributed by atoms with Crippen molar-refractivity contribution < 1.29 is 32.2 Å². The lowest BCUT2D eigenvalue weighted by molar-refractivity contribution is -0.274. The third-order valence-electron chi connectivity index (χ3n) is 5.28. The van der Waals surface area contributed by atoms with Crippen LogP contribution in [0, 0.1) is 0 Å². The van der Waals surface area contributed by atoms with E-state index in [1.165, 1.54) is 23.5 Å². The first-order chi connectivity index (χ1) is 15.3. The number of nitrogens with zero attached hydrogens (tertiary/aromatic N) is 1. The molecule has 1 aromatic heterocycles. The molecular weight excluding hydrogens is 443 g/mol. The van der Waals surface area contributed by atoms with E-state index in [-0.39, 0.29) is 23.3 Å². The average Bonchev–Trinajstić information content (AvgIpc) is 3.30. The van der Waals surface area contributed by atoms with Gasteiger partial charge in [-0.25, -0.2) is 0 Å². The van der Waals surface area contributed by atoms with Gasteiger partial charge in [0.05, 0.1) is 20.3 Å². The molecule has 3 aromatic rings. The number of benzene rings is 2. The van der Waals surface area contributed by atoms with Crippen LogP contribution < -0.4 is 14.2 Å². The zero-order valence-corrected chi connectivity index (χ0v) is 18.1. The number of thiophene rings is 1. The lowest BCUT2D eigenvalue weighted by Gasteiger charge is -2.37. The minimum atomic E-state index is -4.79. The Morgan fingerprint density at radius 3 is 2.34 bits per heavy atom. The molecule has 5 nitrogen and oxygen atoms in total. The van der Waals surface area contributed by atoms with Crippen LogP contribution in [0.25, 0.3) is 0 Å². The van der Waals surface area contributed by atoms with Crippen LogP contribution in [-0.2, 0) is 6.42 Å². The minimum absolute atomic E-state index is 0.276. The predicted molar refractivity (Wildman–Crippen MR) is 114 cm³/mol. The molecule has 0 unspecified atom stereocenters. The van der Waals surface area contributed by atoms with E-state index >= 15 is 0 Å². The van der Waals surface area contributed by atoms with E-state index in [9.17, 15) is 18.0 Å². The number of amides is 1. The maximum Gasteiger partial charge on any atom is 0.573 e. The van der Waals surface area contributed by atoms with Gasteiger partial charge in [-0.15, -0.1) is 24.5 Å². The van der Waals surface area contributed by atoms with Gasteiger partial charge in [0.25, 0.3) is 5.91 Å². The number of hydrogen-bond acceptors (Lipinski definition) is 5. The lowest BCUT2D eigenvalue weighted by atomic mass is 9.90. The summed E-state index contributed by atoms with van der Waals surface area (Å²) in [5.74, 6) is 0.541. The molecule has 168 valence electrons. The fraction of sp³-hybridized carbons (Fsp3) is 0.261. The van der Waals surface area contributed by atoms with Crippen LogP contribution in [0.2, 0.25) is 0 Å². The molecule has 0 radical (unpaired) electrons. The molecule has 32 heavy (non-hydrogen) atoms. The highest BCUT2D eigenvalue weighted by molar-refractivity contribution is 7.10. The number of hydrogen-bond donors (Lipinski definition) is 0. The Kier molecular flexibility index (Phi) is 6.01. The highest BCUT2D eigenvalue weighted by Crippen LogP contribution is 2.42. The summed E-state index contributed by atoms with van der Waals surface area (Å²) in [5, 5.41) is 1.94. The molecule has 2 aromatic carbocycles. The largest absolute Gasteiger partial charge is 0.573 e. The van der Waals surface area contributed by atoms with Crippen molar-refractivity contribution in [2.75, 3.05) is 20.8 Å². The first-order valence-corrected chi connectivity index (χ1v) is 10.6. The third kappa shape index (κ3) is 4.38. The van der Waals surface area contributed by atoms with Crippen LogP contribution in [-0.4, -0.2) is 37.9 Å². The number of methoxy groups -OCH3 is 2. The van der Waals surface area contributed by atoms with E-state index in [0.29, 0.717) is 24.5 Å². The van der Waals surface area contributed by atoms with Gasteiger partial charge in [0.1, 0.15) is 5.75 Å². The van der Waals surface area contributed by atoms with Crippen molar-refractivity contribution in [1.82, 2.24) is 4.90 Å². The van der Waals surface area contributed by atoms with Crippen molar-refractivity contribution in [3.63, 3.8) is 0 Å². The maximum absolute atomic E-state index is 13.4. The Labute approximate surface area is 186 Å². The summed E-state index contributed by atoms with van der Waals surface area (Å²) in [6.45, 7) is 0.449. The van der Waals surface area contributed by atoms with Crippen molar-refractivity contribution in [1.29, 1.82) is 0 Å². The highest BCUT2D eigenvalue weighted by atomic mass is 32.1. The highest BCUT2D eigenvalue weighted by Gasteiger charge is 2.35. The standard InChI is InChI=1S/C23H20F3NO4S/c1-29-18-12-15-9-10-27(21(20-4-3-11-32-20)17(15)13-19(18)30-2)22(28)14-5-7-16(8-6-14)31-23(24,25)26/h3-8,11-13,21H,9-10H2,1-2H3/t21-/m0/s1. The minimum Gasteiger partial charge on any atom is -0.493 e. The van der Waals surface area contributed by atoms with Crippen LogP contribution in [0.3, 0.4) is 0 Å². The summed E-state index contributed by atoms with van der Waals surface area (Å²) in [6.07, 6.45) is -4.18. The SMILES string of the molecule is COc1cc2c(cc1OC)[C@@H](c1cccs1)N(C(=O)c1ccc(OC(F)(F)F)cc1)CC2. The van der Waals surface area contributed by atoms with Crippen molar-refractivity contribution in [2.24, 2.45) is 0 Å². The molecule has 0 N–H and O–H groups in total. The molecule has 9 heteroatoms. The van der Waals surface area contributed by atoms with Gasteiger partial charge in [0.15, 0.2) is 11.5 Å². The van der Waals surface area contributed by atoms with Gasteiger partial charge in [-0.1, -0.05) is 6.07 Å². The smallest absolute Gasteiger partial charge is 0.493 e. The van der Waals surface area contributed by atoms with Crippen molar-refractivity contribution >= 4 is 17.2 Å². The summed E-state index contributed by atoms with van der Waals surface area (Å²) in [6, 6.07) is 12.3. The first kappa shape index (κ1) is 22.0. The van der Waals surface area contributed by atoms with Crippen molar-refractivity contribution in [2.45, 2.75) is 18.8 Å². The lowest BCUT2D eigenvalue weighted by Crippen LogP contribution is -2.40. The molecule has 0 fully saturated rings. The monoisotopic (exact) mass is 463 g/mol. The Bertz CT molecular complexity index is 1100. The number of carbonyl (C=O) groups is 1. The number of alkyl halides is 3. The Balaban J connectivity index is 1.70. The fourth-order valence-electron chi connectivity index (χ4n) is 3.88. The molecule has 1 atom stereocenters. The van der Waals surface area contributed by atoms with Gasteiger partial charge in [-0.2, -0.15) is 0 Å². The van der Waals surface area contributed by atoms with Crippen LogP contribution in [0.4, 0.5) is 13.2 Å². The second-order valence-electron chi connectivity index (χ2n) is 7.14. The van der Waals surface area contributed by atoms with Crippen LogP contribution in [0.5, 0.6) is 17.2 Å². The molecule has 4 rings (SSSR count). The van der Waals surface area contributed by atoms with Gasteiger partial charge in [-0.3, -0.25) is 4.79 Å². The summed E-state index contributed by atoms with van der Waals surface area (Å²) >= 11 is 1.53. The Morgan fingerprint density at radius 2 is 1.75 bits per heavy atom. The van der Waals surface area contributed by atoms with Gasteiger partial charge in [0.2, 0.25) is 0 Å². The molecule has 0 saturated carbocycles. The molecular formula is C23H20F3NO4S.